The van der Waals surface area contributed by atoms with Crippen LogP contribution >= 0.6 is 24.0 Å². The van der Waals surface area contributed by atoms with Gasteiger partial charge in [0, 0.05) is 64.4 Å². The normalized spacial score (nSPS) is 19.3. The molecule has 0 saturated carbocycles. The van der Waals surface area contributed by atoms with Crippen molar-refractivity contribution in [2.45, 2.75) is 52.7 Å². The largest absolute Gasteiger partial charge is 0.444 e. The van der Waals surface area contributed by atoms with Gasteiger partial charge < -0.3 is 25.0 Å². The Morgan fingerprint density at radius 3 is 2.19 bits per heavy atom. The number of ether oxygens (including phenoxy) is 2. The van der Waals surface area contributed by atoms with Crippen LogP contribution in [0.1, 0.15) is 41.5 Å². The Bertz CT molecular complexity index is 583. The van der Waals surface area contributed by atoms with Gasteiger partial charge in [0.05, 0.1) is 19.8 Å². The smallest absolute Gasteiger partial charge is 0.410 e. The monoisotopic (exact) mass is 568 g/mol. The molecule has 2 saturated heterocycles. The number of piperazine rings is 1. The zero-order chi connectivity index (χ0) is 22.9. The molecule has 32 heavy (non-hydrogen) atoms. The molecule has 2 aliphatic heterocycles. The fraction of sp³-hybridized carbons (Fsp3) is 0.909. The molecule has 1 amide bonds. The number of rotatable bonds is 7. The molecule has 0 aromatic heterocycles. The number of morpholine rings is 1. The second-order valence-corrected chi connectivity index (χ2v) is 9.84. The first-order chi connectivity index (χ1) is 14.6. The first kappa shape index (κ1) is 29.2. The fourth-order valence-electron chi connectivity index (χ4n) is 3.70. The maximum Gasteiger partial charge on any atom is 0.410 e. The van der Waals surface area contributed by atoms with E-state index >= 15 is 0 Å². The van der Waals surface area contributed by atoms with E-state index in [0.29, 0.717) is 13.1 Å². The Morgan fingerprint density at radius 2 is 1.62 bits per heavy atom. The van der Waals surface area contributed by atoms with Crippen molar-refractivity contribution in [2.75, 3.05) is 78.7 Å². The van der Waals surface area contributed by atoms with E-state index in [-0.39, 0.29) is 35.6 Å². The number of carbonyl (C=O) groups excluding carboxylic acids is 1. The second kappa shape index (κ2) is 13.8. The van der Waals surface area contributed by atoms with Crippen LogP contribution in [0.2, 0.25) is 0 Å². The maximum absolute atomic E-state index is 12.2. The van der Waals surface area contributed by atoms with Gasteiger partial charge in [-0.2, -0.15) is 0 Å². The van der Waals surface area contributed by atoms with Crippen molar-refractivity contribution in [1.82, 2.24) is 25.3 Å². The second-order valence-electron chi connectivity index (χ2n) is 9.84. The van der Waals surface area contributed by atoms with Gasteiger partial charge in [-0.25, -0.2) is 4.79 Å². The third-order valence-electron chi connectivity index (χ3n) is 5.58. The number of nitrogens with one attached hydrogen (secondary N) is 2. The molecule has 0 aromatic carbocycles. The molecular weight excluding hydrogens is 523 g/mol. The van der Waals surface area contributed by atoms with Gasteiger partial charge in [-0.15, -0.1) is 24.0 Å². The van der Waals surface area contributed by atoms with Gasteiger partial charge in [-0.3, -0.25) is 14.8 Å². The van der Waals surface area contributed by atoms with E-state index in [2.05, 4.69) is 41.2 Å². The third kappa shape index (κ3) is 10.4. The molecule has 0 aromatic rings. The lowest BCUT2D eigenvalue weighted by Crippen LogP contribution is -2.53. The van der Waals surface area contributed by atoms with Gasteiger partial charge in [-0.05, 0) is 41.5 Å². The van der Waals surface area contributed by atoms with Crippen LogP contribution in [-0.2, 0) is 9.47 Å². The van der Waals surface area contributed by atoms with E-state index < -0.39 is 5.60 Å². The predicted molar refractivity (Wildman–Crippen MR) is 140 cm³/mol. The topological polar surface area (TPSA) is 81.7 Å². The van der Waals surface area contributed by atoms with Crippen LogP contribution in [0.25, 0.3) is 0 Å². The van der Waals surface area contributed by atoms with Crippen LogP contribution in [0.4, 0.5) is 4.79 Å². The molecule has 2 heterocycles. The van der Waals surface area contributed by atoms with Crippen molar-refractivity contribution in [3.63, 3.8) is 0 Å². The molecule has 188 valence electrons. The summed E-state index contributed by atoms with van der Waals surface area (Å²) in [6.45, 7) is 22.2. The number of carbonyl (C=O) groups is 1. The Kier molecular flexibility index (Phi) is 12.5. The molecule has 0 spiro atoms. The molecule has 2 aliphatic rings. The molecular formula is C22H45IN6O3. The lowest BCUT2D eigenvalue weighted by atomic mass is 10.0. The number of amides is 1. The first-order valence-electron chi connectivity index (χ1n) is 11.7. The molecule has 0 aliphatic carbocycles. The number of hydrogen-bond acceptors (Lipinski definition) is 6. The Hall–Kier alpha value is -0.850. The van der Waals surface area contributed by atoms with Crippen molar-refractivity contribution in [3.8, 4) is 0 Å². The third-order valence-corrected chi connectivity index (χ3v) is 5.58. The van der Waals surface area contributed by atoms with Gasteiger partial charge in [0.1, 0.15) is 5.60 Å². The van der Waals surface area contributed by atoms with Gasteiger partial charge in [0.15, 0.2) is 5.96 Å². The van der Waals surface area contributed by atoms with E-state index in [1.165, 1.54) is 0 Å². The highest BCUT2D eigenvalue weighted by Crippen LogP contribution is 2.16. The maximum atomic E-state index is 12.2. The van der Waals surface area contributed by atoms with Crippen LogP contribution in [0.15, 0.2) is 4.99 Å². The van der Waals surface area contributed by atoms with Crippen LogP contribution in [-0.4, -0.2) is 117 Å². The molecule has 2 fully saturated rings. The van der Waals surface area contributed by atoms with E-state index in [0.717, 1.165) is 71.5 Å². The standard InChI is InChI=1S/C22H44N6O3.HI/c1-7-23-19(25-18-22(5,6)28-14-16-30-17-15-28)24-8-9-26-10-12-27(13-11-26)20(29)31-21(2,3)4;/h7-18H2,1-6H3,(H2,23,24,25);1H. The van der Waals surface area contributed by atoms with Gasteiger partial charge in [0.2, 0.25) is 0 Å². The molecule has 10 heteroatoms. The minimum atomic E-state index is -0.448. The van der Waals surface area contributed by atoms with Crippen molar-refractivity contribution in [2.24, 2.45) is 4.99 Å². The number of halogens is 1. The van der Waals surface area contributed by atoms with Crippen molar-refractivity contribution in [1.29, 1.82) is 0 Å². The molecule has 0 unspecified atom stereocenters. The number of hydrogen-bond donors (Lipinski definition) is 2. The summed E-state index contributed by atoms with van der Waals surface area (Å²) in [7, 11) is 0. The first-order valence-corrected chi connectivity index (χ1v) is 11.7. The average molecular weight is 569 g/mol. The summed E-state index contributed by atoms with van der Waals surface area (Å²) in [6.07, 6.45) is -0.213. The summed E-state index contributed by atoms with van der Waals surface area (Å²) in [5, 5.41) is 6.80. The van der Waals surface area contributed by atoms with E-state index in [9.17, 15) is 4.79 Å². The molecule has 2 rings (SSSR count). The number of guanidine groups is 1. The van der Waals surface area contributed by atoms with Gasteiger partial charge in [0.25, 0.3) is 0 Å². The molecule has 0 atom stereocenters. The summed E-state index contributed by atoms with van der Waals surface area (Å²) in [5.74, 6) is 0.858. The van der Waals surface area contributed by atoms with Gasteiger partial charge in [-0.1, -0.05) is 0 Å². The van der Waals surface area contributed by atoms with Gasteiger partial charge >= 0.3 is 6.09 Å². The minimum absolute atomic E-state index is 0. The lowest BCUT2D eigenvalue weighted by Gasteiger charge is -2.40. The molecule has 0 radical (unpaired) electrons. The highest BCUT2D eigenvalue weighted by Gasteiger charge is 2.28. The number of nitrogens with zero attached hydrogens (tertiary/aromatic N) is 4. The molecule has 9 nitrogen and oxygen atoms in total. The Labute approximate surface area is 211 Å². The summed E-state index contributed by atoms with van der Waals surface area (Å²) in [4.78, 5) is 23.7. The highest BCUT2D eigenvalue weighted by molar-refractivity contribution is 14.0. The SMILES string of the molecule is CCNC(=NCC(C)(C)N1CCOCC1)NCCN1CCN(C(=O)OC(C)(C)C)CC1.I. The van der Waals surface area contributed by atoms with E-state index in [4.69, 9.17) is 14.5 Å². The minimum Gasteiger partial charge on any atom is -0.444 e. The van der Waals surface area contributed by atoms with E-state index in [1.54, 1.807) is 4.90 Å². The summed E-state index contributed by atoms with van der Waals surface area (Å²) in [5.41, 5.74) is -0.444. The lowest BCUT2D eigenvalue weighted by molar-refractivity contribution is -0.00683. The fourth-order valence-corrected chi connectivity index (χ4v) is 3.70. The van der Waals surface area contributed by atoms with Crippen molar-refractivity contribution in [3.05, 3.63) is 0 Å². The van der Waals surface area contributed by atoms with Crippen molar-refractivity contribution >= 4 is 36.0 Å². The van der Waals surface area contributed by atoms with Crippen molar-refractivity contribution < 1.29 is 14.3 Å². The zero-order valence-electron chi connectivity index (χ0n) is 20.9. The zero-order valence-corrected chi connectivity index (χ0v) is 23.2. The molecule has 0 bridgehead atoms. The van der Waals surface area contributed by atoms with Crippen LogP contribution in [0, 0.1) is 0 Å². The Morgan fingerprint density at radius 1 is 1.00 bits per heavy atom. The summed E-state index contributed by atoms with van der Waals surface area (Å²) >= 11 is 0. The van der Waals surface area contributed by atoms with E-state index in [1.807, 2.05) is 20.8 Å². The quantitative estimate of drug-likeness (QED) is 0.276. The summed E-state index contributed by atoms with van der Waals surface area (Å²) in [6, 6.07) is 0. The highest BCUT2D eigenvalue weighted by atomic mass is 127. The number of aliphatic imine (C=N–C) groups is 1. The van der Waals surface area contributed by atoms with Crippen LogP contribution < -0.4 is 10.6 Å². The predicted octanol–water partition coefficient (Wildman–Crippen LogP) is 1.82. The average Bonchev–Trinajstić information content (AvgIpc) is 2.72. The van der Waals surface area contributed by atoms with Crippen LogP contribution in [0.5, 0.6) is 0 Å². The van der Waals surface area contributed by atoms with Crippen LogP contribution in [0.3, 0.4) is 0 Å². The molecule has 2 N–H and O–H groups in total. The Balaban J connectivity index is 0.00000512. The summed E-state index contributed by atoms with van der Waals surface area (Å²) < 4.78 is 10.9.